The van der Waals surface area contributed by atoms with Crippen LogP contribution in [0.15, 0.2) is 56.5 Å². The Hall–Kier alpha value is -1.85. The molecule has 0 saturated heterocycles. The van der Waals surface area contributed by atoms with Gasteiger partial charge in [0.25, 0.3) is 0 Å². The molecule has 1 aliphatic rings. The summed E-state index contributed by atoms with van der Waals surface area (Å²) in [5.41, 5.74) is 2.59. The SMILES string of the molecule is O=C1/C(=C/c2cccc(Br)c2O)CCCC/C1=C\c1cccc(Br)c1O. The number of hydrogen-bond acceptors (Lipinski definition) is 3. The van der Waals surface area contributed by atoms with Gasteiger partial charge in [0.15, 0.2) is 5.78 Å². The molecule has 0 spiro atoms. The van der Waals surface area contributed by atoms with Crippen molar-refractivity contribution in [3.05, 3.63) is 67.6 Å². The number of allylic oxidation sites excluding steroid dienone is 2. The van der Waals surface area contributed by atoms with E-state index < -0.39 is 0 Å². The number of phenolic OH excluding ortho intramolecular Hbond substituents is 2. The summed E-state index contributed by atoms with van der Waals surface area (Å²) in [4.78, 5) is 13.0. The Balaban J connectivity index is 2.00. The maximum absolute atomic E-state index is 13.0. The molecule has 0 aliphatic heterocycles. The molecular formula is C21H18Br2O3. The third-order valence-corrected chi connectivity index (χ3v) is 5.70. The smallest absolute Gasteiger partial charge is 0.185 e. The Morgan fingerprint density at radius 1 is 0.769 bits per heavy atom. The zero-order chi connectivity index (χ0) is 18.7. The van der Waals surface area contributed by atoms with E-state index in [4.69, 9.17) is 0 Å². The molecule has 26 heavy (non-hydrogen) atoms. The summed E-state index contributed by atoms with van der Waals surface area (Å²) in [6, 6.07) is 10.7. The van der Waals surface area contributed by atoms with Gasteiger partial charge in [-0.2, -0.15) is 0 Å². The Labute approximate surface area is 169 Å². The third-order valence-electron chi connectivity index (χ3n) is 4.42. The number of halogens is 2. The highest BCUT2D eigenvalue weighted by molar-refractivity contribution is 9.10. The summed E-state index contributed by atoms with van der Waals surface area (Å²) < 4.78 is 1.20. The van der Waals surface area contributed by atoms with E-state index in [1.807, 2.05) is 12.1 Å². The van der Waals surface area contributed by atoms with Crippen LogP contribution in [0.2, 0.25) is 0 Å². The van der Waals surface area contributed by atoms with Gasteiger partial charge in [0.05, 0.1) is 8.95 Å². The molecular weight excluding hydrogens is 460 g/mol. The van der Waals surface area contributed by atoms with Gasteiger partial charge in [-0.25, -0.2) is 0 Å². The summed E-state index contributed by atoms with van der Waals surface area (Å²) in [6.45, 7) is 0. The van der Waals surface area contributed by atoms with Crippen LogP contribution in [0.4, 0.5) is 0 Å². The number of hydrogen-bond donors (Lipinski definition) is 2. The van der Waals surface area contributed by atoms with Gasteiger partial charge in [0.2, 0.25) is 0 Å². The lowest BCUT2D eigenvalue weighted by atomic mass is 9.97. The van der Waals surface area contributed by atoms with Crippen LogP contribution < -0.4 is 0 Å². The van der Waals surface area contributed by atoms with E-state index in [2.05, 4.69) is 31.9 Å². The number of Topliss-reactive ketones (excluding diaryl/α,β-unsaturated/α-hetero) is 1. The first-order valence-electron chi connectivity index (χ1n) is 8.38. The number of carbonyl (C=O) groups excluding carboxylic acids is 1. The predicted molar refractivity (Wildman–Crippen MR) is 111 cm³/mol. The molecule has 1 aliphatic carbocycles. The van der Waals surface area contributed by atoms with Crippen molar-refractivity contribution in [2.24, 2.45) is 0 Å². The maximum atomic E-state index is 13.0. The van der Waals surface area contributed by atoms with E-state index in [0.717, 1.165) is 12.8 Å². The molecule has 3 nitrogen and oxygen atoms in total. The zero-order valence-corrected chi connectivity index (χ0v) is 17.2. The van der Waals surface area contributed by atoms with Gasteiger partial charge < -0.3 is 10.2 Å². The van der Waals surface area contributed by atoms with E-state index >= 15 is 0 Å². The second kappa shape index (κ2) is 8.23. The number of aromatic hydroxyl groups is 2. The molecule has 0 heterocycles. The molecule has 3 rings (SSSR count). The average molecular weight is 478 g/mol. The number of phenols is 2. The van der Waals surface area contributed by atoms with Crippen LogP contribution in [0.1, 0.15) is 36.8 Å². The highest BCUT2D eigenvalue weighted by Crippen LogP contribution is 2.34. The molecule has 0 radical (unpaired) electrons. The third kappa shape index (κ3) is 4.10. The summed E-state index contributed by atoms with van der Waals surface area (Å²) >= 11 is 6.61. The minimum Gasteiger partial charge on any atom is -0.506 e. The normalized spacial score (nSPS) is 18.3. The first kappa shape index (κ1) is 18.9. The van der Waals surface area contributed by atoms with E-state index in [1.165, 1.54) is 0 Å². The van der Waals surface area contributed by atoms with Crippen LogP contribution in [-0.4, -0.2) is 16.0 Å². The van der Waals surface area contributed by atoms with Crippen molar-refractivity contribution >= 4 is 49.8 Å². The van der Waals surface area contributed by atoms with E-state index in [0.29, 0.717) is 44.1 Å². The van der Waals surface area contributed by atoms with Gasteiger partial charge in [-0.3, -0.25) is 4.79 Å². The zero-order valence-electron chi connectivity index (χ0n) is 14.0. The van der Waals surface area contributed by atoms with E-state index in [-0.39, 0.29) is 17.3 Å². The highest BCUT2D eigenvalue weighted by Gasteiger charge is 2.20. The predicted octanol–water partition coefficient (Wildman–Crippen LogP) is 6.23. The minimum absolute atomic E-state index is 0.0266. The van der Waals surface area contributed by atoms with Crippen molar-refractivity contribution in [1.29, 1.82) is 0 Å². The molecule has 5 heteroatoms. The number of ketones is 1. The molecule has 0 atom stereocenters. The second-order valence-corrected chi connectivity index (χ2v) is 7.94. The fourth-order valence-electron chi connectivity index (χ4n) is 3.01. The van der Waals surface area contributed by atoms with Crippen LogP contribution in [-0.2, 0) is 4.79 Å². The van der Waals surface area contributed by atoms with Crippen LogP contribution >= 0.6 is 31.9 Å². The number of para-hydroxylation sites is 2. The van der Waals surface area contributed by atoms with Gasteiger partial charge in [0.1, 0.15) is 11.5 Å². The van der Waals surface area contributed by atoms with Crippen molar-refractivity contribution in [1.82, 2.24) is 0 Å². The van der Waals surface area contributed by atoms with E-state index in [1.54, 1.807) is 36.4 Å². The Morgan fingerprint density at radius 2 is 1.19 bits per heavy atom. The van der Waals surface area contributed by atoms with E-state index in [9.17, 15) is 15.0 Å². The molecule has 2 N–H and O–H groups in total. The molecule has 0 aromatic heterocycles. The minimum atomic E-state index is -0.0266. The Bertz CT molecular complexity index is 840. The fourth-order valence-corrected chi connectivity index (χ4v) is 3.78. The summed E-state index contributed by atoms with van der Waals surface area (Å²) in [7, 11) is 0. The molecule has 1 fully saturated rings. The summed E-state index contributed by atoms with van der Waals surface area (Å²) in [5, 5.41) is 20.4. The fraction of sp³-hybridized carbons (Fsp3) is 0.190. The van der Waals surface area contributed by atoms with Crippen molar-refractivity contribution in [3.63, 3.8) is 0 Å². The van der Waals surface area contributed by atoms with Crippen LogP contribution in [0, 0.1) is 0 Å². The topological polar surface area (TPSA) is 57.5 Å². The average Bonchev–Trinajstić information content (AvgIpc) is 2.79. The van der Waals surface area contributed by atoms with Crippen LogP contribution in [0.3, 0.4) is 0 Å². The van der Waals surface area contributed by atoms with Crippen molar-refractivity contribution in [2.75, 3.05) is 0 Å². The lowest BCUT2D eigenvalue weighted by Gasteiger charge is -2.08. The lowest BCUT2D eigenvalue weighted by Crippen LogP contribution is -2.04. The molecule has 2 aromatic rings. The highest BCUT2D eigenvalue weighted by atomic mass is 79.9. The first-order chi connectivity index (χ1) is 12.5. The van der Waals surface area contributed by atoms with Crippen molar-refractivity contribution in [3.8, 4) is 11.5 Å². The van der Waals surface area contributed by atoms with Gasteiger partial charge in [-0.15, -0.1) is 0 Å². The van der Waals surface area contributed by atoms with Crippen molar-refractivity contribution < 1.29 is 15.0 Å². The molecule has 0 unspecified atom stereocenters. The van der Waals surface area contributed by atoms with Crippen molar-refractivity contribution in [2.45, 2.75) is 25.7 Å². The van der Waals surface area contributed by atoms with Crippen LogP contribution in [0.25, 0.3) is 12.2 Å². The van der Waals surface area contributed by atoms with Gasteiger partial charge in [-0.1, -0.05) is 24.3 Å². The summed E-state index contributed by atoms with van der Waals surface area (Å²) in [6.07, 6.45) is 6.70. The number of rotatable bonds is 2. The maximum Gasteiger partial charge on any atom is 0.185 e. The monoisotopic (exact) mass is 476 g/mol. The molecule has 2 aromatic carbocycles. The lowest BCUT2D eigenvalue weighted by molar-refractivity contribution is -0.112. The number of benzene rings is 2. The second-order valence-electron chi connectivity index (χ2n) is 6.23. The number of carbonyl (C=O) groups is 1. The first-order valence-corrected chi connectivity index (χ1v) is 9.97. The van der Waals surface area contributed by atoms with Gasteiger partial charge in [0, 0.05) is 22.3 Å². The van der Waals surface area contributed by atoms with Gasteiger partial charge >= 0.3 is 0 Å². The van der Waals surface area contributed by atoms with Crippen LogP contribution in [0.5, 0.6) is 11.5 Å². The molecule has 0 bridgehead atoms. The Morgan fingerprint density at radius 3 is 1.62 bits per heavy atom. The molecule has 1 saturated carbocycles. The summed E-state index contributed by atoms with van der Waals surface area (Å²) in [5.74, 6) is 0.237. The standard InChI is InChI=1S/C21H18Br2O3/c22-17-9-3-7-15(20(17)25)11-13-5-1-2-6-14(19(13)24)12-16-8-4-10-18(23)21(16)26/h3-4,7-12,25-26H,1-2,5-6H2/b13-11+,14-12+. The molecule has 0 amide bonds. The Kier molecular flexibility index (Phi) is 5.99. The quantitative estimate of drug-likeness (QED) is 0.398. The van der Waals surface area contributed by atoms with Gasteiger partial charge in [-0.05, 0) is 81.8 Å². The molecule has 134 valence electrons. The largest absolute Gasteiger partial charge is 0.506 e.